The SMILES string of the molecule is Clc1nc(-c2ccsc2)nc2ccsc12. The number of rotatable bonds is 1. The van der Waals surface area contributed by atoms with Gasteiger partial charge in [-0.05, 0) is 22.9 Å². The first kappa shape index (κ1) is 9.27. The average molecular weight is 253 g/mol. The highest BCUT2D eigenvalue weighted by molar-refractivity contribution is 7.17. The van der Waals surface area contributed by atoms with E-state index in [1.165, 1.54) is 0 Å². The van der Waals surface area contributed by atoms with Crippen molar-refractivity contribution in [2.24, 2.45) is 0 Å². The quantitative estimate of drug-likeness (QED) is 0.610. The van der Waals surface area contributed by atoms with Crippen molar-refractivity contribution in [3.63, 3.8) is 0 Å². The number of hydrogen-bond donors (Lipinski definition) is 0. The molecule has 2 nitrogen and oxygen atoms in total. The Morgan fingerprint density at radius 1 is 1.13 bits per heavy atom. The molecule has 0 aliphatic carbocycles. The molecule has 0 bridgehead atoms. The minimum Gasteiger partial charge on any atom is -0.227 e. The van der Waals surface area contributed by atoms with E-state index in [2.05, 4.69) is 9.97 Å². The van der Waals surface area contributed by atoms with Crippen molar-refractivity contribution in [1.29, 1.82) is 0 Å². The first-order chi connectivity index (χ1) is 7.34. The Morgan fingerprint density at radius 3 is 2.87 bits per heavy atom. The lowest BCUT2D eigenvalue weighted by atomic mass is 10.3. The van der Waals surface area contributed by atoms with Gasteiger partial charge in [-0.15, -0.1) is 11.3 Å². The highest BCUT2D eigenvalue weighted by Gasteiger charge is 2.08. The fraction of sp³-hybridized carbons (Fsp3) is 0. The lowest BCUT2D eigenvalue weighted by Crippen LogP contribution is -1.87. The third kappa shape index (κ3) is 1.55. The molecule has 3 heterocycles. The summed E-state index contributed by atoms with van der Waals surface area (Å²) in [5.41, 5.74) is 1.94. The fourth-order valence-electron chi connectivity index (χ4n) is 1.35. The van der Waals surface area contributed by atoms with Crippen molar-refractivity contribution in [2.75, 3.05) is 0 Å². The zero-order chi connectivity index (χ0) is 10.3. The molecule has 0 amide bonds. The van der Waals surface area contributed by atoms with Crippen molar-refractivity contribution < 1.29 is 0 Å². The van der Waals surface area contributed by atoms with Crippen LogP contribution in [0, 0.1) is 0 Å². The molecule has 0 atom stereocenters. The Balaban J connectivity index is 2.29. The number of thiophene rings is 2. The maximum absolute atomic E-state index is 6.08. The lowest BCUT2D eigenvalue weighted by molar-refractivity contribution is 1.24. The molecule has 0 aromatic carbocycles. The summed E-state index contributed by atoms with van der Waals surface area (Å²) < 4.78 is 0.954. The van der Waals surface area contributed by atoms with Gasteiger partial charge in [0, 0.05) is 10.9 Å². The molecule has 3 rings (SSSR count). The van der Waals surface area contributed by atoms with Crippen LogP contribution in [0.15, 0.2) is 28.3 Å². The topological polar surface area (TPSA) is 25.8 Å². The Labute approximate surface area is 99.2 Å². The molecule has 0 saturated heterocycles. The largest absolute Gasteiger partial charge is 0.227 e. The van der Waals surface area contributed by atoms with Gasteiger partial charge in [-0.25, -0.2) is 9.97 Å². The second-order valence-corrected chi connectivity index (χ2v) is 5.04. The van der Waals surface area contributed by atoms with Crippen molar-refractivity contribution in [3.05, 3.63) is 33.4 Å². The van der Waals surface area contributed by atoms with E-state index in [1.54, 1.807) is 22.7 Å². The second kappa shape index (κ2) is 3.56. The summed E-state index contributed by atoms with van der Waals surface area (Å²) in [5, 5.41) is 6.54. The molecule has 0 spiro atoms. The molecule has 3 aromatic rings. The average Bonchev–Trinajstić information content (AvgIpc) is 2.88. The van der Waals surface area contributed by atoms with E-state index >= 15 is 0 Å². The van der Waals surface area contributed by atoms with Crippen LogP contribution in [0.4, 0.5) is 0 Å². The van der Waals surface area contributed by atoms with E-state index in [-0.39, 0.29) is 0 Å². The Morgan fingerprint density at radius 2 is 2.07 bits per heavy atom. The van der Waals surface area contributed by atoms with Crippen LogP contribution >= 0.6 is 34.3 Å². The molecule has 0 N–H and O–H groups in total. The van der Waals surface area contributed by atoms with Crippen LogP contribution < -0.4 is 0 Å². The van der Waals surface area contributed by atoms with Gasteiger partial charge in [-0.3, -0.25) is 0 Å². The summed E-state index contributed by atoms with van der Waals surface area (Å²) >= 11 is 9.28. The van der Waals surface area contributed by atoms with Crippen molar-refractivity contribution in [1.82, 2.24) is 9.97 Å². The molecular formula is C10H5ClN2S2. The predicted octanol–water partition coefficient (Wildman–Crippen LogP) is 4.07. The molecule has 0 unspecified atom stereocenters. The minimum atomic E-state index is 0.538. The number of nitrogens with zero attached hydrogens (tertiary/aromatic N) is 2. The normalized spacial score (nSPS) is 11.0. The number of hydrogen-bond acceptors (Lipinski definition) is 4. The molecule has 0 fully saturated rings. The van der Waals surface area contributed by atoms with Gasteiger partial charge in [0.05, 0.1) is 10.2 Å². The highest BCUT2D eigenvalue weighted by Crippen LogP contribution is 2.29. The van der Waals surface area contributed by atoms with Crippen LogP contribution in [0.5, 0.6) is 0 Å². The second-order valence-electron chi connectivity index (χ2n) is 2.99. The van der Waals surface area contributed by atoms with Gasteiger partial charge < -0.3 is 0 Å². The van der Waals surface area contributed by atoms with E-state index in [4.69, 9.17) is 11.6 Å². The summed E-state index contributed by atoms with van der Waals surface area (Å²) in [5.74, 6) is 0.701. The first-order valence-electron chi connectivity index (χ1n) is 4.28. The predicted molar refractivity (Wildman–Crippen MR) is 65.7 cm³/mol. The van der Waals surface area contributed by atoms with E-state index in [1.807, 2.05) is 28.3 Å². The standard InChI is InChI=1S/C10H5ClN2S2/c11-9-8-7(2-4-15-8)12-10(13-9)6-1-3-14-5-6/h1-5H. The maximum atomic E-state index is 6.08. The van der Waals surface area contributed by atoms with Gasteiger partial charge in [0.15, 0.2) is 11.0 Å². The number of fused-ring (bicyclic) bond motifs is 1. The molecule has 15 heavy (non-hydrogen) atoms. The van der Waals surface area contributed by atoms with Crippen LogP contribution in [-0.2, 0) is 0 Å². The minimum absolute atomic E-state index is 0.538. The Kier molecular flexibility index (Phi) is 2.20. The van der Waals surface area contributed by atoms with Crippen LogP contribution in [0.2, 0.25) is 5.15 Å². The van der Waals surface area contributed by atoms with Gasteiger partial charge in [0.1, 0.15) is 0 Å². The van der Waals surface area contributed by atoms with Crippen LogP contribution in [0.1, 0.15) is 0 Å². The van der Waals surface area contributed by atoms with Crippen molar-refractivity contribution in [2.45, 2.75) is 0 Å². The first-order valence-corrected chi connectivity index (χ1v) is 6.48. The van der Waals surface area contributed by atoms with Crippen LogP contribution in [0.3, 0.4) is 0 Å². The Bertz CT molecular complexity index is 601. The smallest absolute Gasteiger partial charge is 0.162 e. The third-order valence-electron chi connectivity index (χ3n) is 2.04. The van der Waals surface area contributed by atoms with Gasteiger partial charge in [-0.2, -0.15) is 11.3 Å². The van der Waals surface area contributed by atoms with Crippen LogP contribution in [-0.4, -0.2) is 9.97 Å². The van der Waals surface area contributed by atoms with Crippen molar-refractivity contribution >= 4 is 44.5 Å². The molecule has 0 aliphatic heterocycles. The third-order valence-corrected chi connectivity index (χ3v) is 4.02. The fourth-order valence-corrected chi connectivity index (χ4v) is 3.00. The maximum Gasteiger partial charge on any atom is 0.162 e. The molecule has 74 valence electrons. The molecule has 0 aliphatic rings. The Hall–Kier alpha value is -0.970. The van der Waals surface area contributed by atoms with Gasteiger partial charge in [0.2, 0.25) is 0 Å². The zero-order valence-electron chi connectivity index (χ0n) is 7.48. The summed E-state index contributed by atoms with van der Waals surface area (Å²) in [4.78, 5) is 8.75. The molecule has 3 aromatic heterocycles. The van der Waals surface area contributed by atoms with E-state index in [9.17, 15) is 0 Å². The van der Waals surface area contributed by atoms with E-state index < -0.39 is 0 Å². The summed E-state index contributed by atoms with van der Waals surface area (Å²) in [7, 11) is 0. The van der Waals surface area contributed by atoms with Gasteiger partial charge in [-0.1, -0.05) is 11.6 Å². The van der Waals surface area contributed by atoms with E-state index in [0.29, 0.717) is 11.0 Å². The molecule has 5 heteroatoms. The summed E-state index contributed by atoms with van der Waals surface area (Å²) in [6.07, 6.45) is 0. The van der Waals surface area contributed by atoms with E-state index in [0.717, 1.165) is 15.8 Å². The number of aromatic nitrogens is 2. The monoisotopic (exact) mass is 252 g/mol. The summed E-state index contributed by atoms with van der Waals surface area (Å²) in [6, 6.07) is 3.96. The molecule has 0 saturated carbocycles. The van der Waals surface area contributed by atoms with Crippen LogP contribution in [0.25, 0.3) is 21.6 Å². The van der Waals surface area contributed by atoms with Crippen molar-refractivity contribution in [3.8, 4) is 11.4 Å². The highest BCUT2D eigenvalue weighted by atomic mass is 35.5. The summed E-state index contributed by atoms with van der Waals surface area (Å²) in [6.45, 7) is 0. The molecular weight excluding hydrogens is 248 g/mol. The van der Waals surface area contributed by atoms with Gasteiger partial charge in [0.25, 0.3) is 0 Å². The molecule has 0 radical (unpaired) electrons. The zero-order valence-corrected chi connectivity index (χ0v) is 9.86. The number of halogens is 1. The lowest BCUT2D eigenvalue weighted by Gasteiger charge is -1.98. The van der Waals surface area contributed by atoms with Gasteiger partial charge >= 0.3 is 0 Å².